The van der Waals surface area contributed by atoms with Crippen LogP contribution in [-0.2, 0) is 6.42 Å². The summed E-state index contributed by atoms with van der Waals surface area (Å²) in [7, 11) is 0. The molecule has 3 heteroatoms. The Labute approximate surface area is 147 Å². The number of aryl methyl sites for hydroxylation is 1. The molecule has 1 aromatic carbocycles. The maximum absolute atomic E-state index is 12.9. The van der Waals surface area contributed by atoms with Crippen LogP contribution in [0.4, 0.5) is 0 Å². The van der Waals surface area contributed by atoms with Crippen molar-refractivity contribution in [1.82, 2.24) is 4.90 Å². The lowest BCUT2D eigenvalue weighted by molar-refractivity contribution is 0.0714. The summed E-state index contributed by atoms with van der Waals surface area (Å²) in [6, 6.07) is 7.92. The van der Waals surface area contributed by atoms with E-state index in [2.05, 4.69) is 6.92 Å². The predicted molar refractivity (Wildman–Crippen MR) is 99.2 cm³/mol. The van der Waals surface area contributed by atoms with Gasteiger partial charge >= 0.3 is 0 Å². The zero-order chi connectivity index (χ0) is 17.6. The number of rotatable bonds is 7. The highest BCUT2D eigenvalue weighted by Crippen LogP contribution is 2.25. The van der Waals surface area contributed by atoms with Crippen LogP contribution in [0.3, 0.4) is 0 Å². The molecule has 1 fully saturated rings. The van der Waals surface area contributed by atoms with E-state index in [0.717, 1.165) is 30.6 Å². The largest absolute Gasteiger partial charge is 0.390 e. The van der Waals surface area contributed by atoms with Crippen molar-refractivity contribution in [2.45, 2.75) is 71.3 Å². The number of carbonyl (C=O) groups is 1. The average Bonchev–Trinajstić information content (AvgIpc) is 2.58. The van der Waals surface area contributed by atoms with Gasteiger partial charge in [0.15, 0.2) is 0 Å². The molecule has 0 spiro atoms. The van der Waals surface area contributed by atoms with Gasteiger partial charge in [-0.25, -0.2) is 0 Å². The highest BCUT2D eigenvalue weighted by Gasteiger charge is 2.21. The van der Waals surface area contributed by atoms with Gasteiger partial charge in [0.25, 0.3) is 5.91 Å². The van der Waals surface area contributed by atoms with Gasteiger partial charge in [-0.3, -0.25) is 4.79 Å². The van der Waals surface area contributed by atoms with Crippen molar-refractivity contribution in [2.24, 2.45) is 5.92 Å². The van der Waals surface area contributed by atoms with E-state index in [1.165, 1.54) is 32.1 Å². The van der Waals surface area contributed by atoms with E-state index in [4.69, 9.17) is 0 Å². The van der Waals surface area contributed by atoms with Crippen molar-refractivity contribution in [3.8, 4) is 0 Å². The van der Waals surface area contributed by atoms with Gasteiger partial charge in [0.05, 0.1) is 5.60 Å². The number of nitrogens with zero attached hydrogens (tertiary/aromatic N) is 1. The molecule has 1 aliphatic rings. The molecule has 0 aliphatic heterocycles. The lowest BCUT2D eigenvalue weighted by Crippen LogP contribution is -2.36. The standard InChI is InChI=1S/C21H33NO2/c1-4-22(16-18-9-6-5-7-10-18)20(23)19-12-8-11-17(15-19)13-14-21(2,3)24/h8,11-12,15,18,24H,4-7,9-10,13-14,16H2,1-3H3. The first-order valence-corrected chi connectivity index (χ1v) is 9.49. The van der Waals surface area contributed by atoms with E-state index in [1.807, 2.05) is 43.0 Å². The summed E-state index contributed by atoms with van der Waals surface area (Å²) in [5.41, 5.74) is 1.23. The Balaban J connectivity index is 2.01. The zero-order valence-electron chi connectivity index (χ0n) is 15.6. The predicted octanol–water partition coefficient (Wildman–Crippen LogP) is 4.43. The summed E-state index contributed by atoms with van der Waals surface area (Å²) < 4.78 is 0. The monoisotopic (exact) mass is 331 g/mol. The normalized spacial score (nSPS) is 16.2. The summed E-state index contributed by atoms with van der Waals surface area (Å²) in [6.07, 6.45) is 7.97. The van der Waals surface area contributed by atoms with Crippen LogP contribution in [0.5, 0.6) is 0 Å². The van der Waals surface area contributed by atoms with Crippen LogP contribution in [0.15, 0.2) is 24.3 Å². The molecule has 0 heterocycles. The molecule has 0 bridgehead atoms. The molecule has 1 aliphatic carbocycles. The first-order chi connectivity index (χ1) is 11.4. The fraction of sp³-hybridized carbons (Fsp3) is 0.667. The van der Waals surface area contributed by atoms with E-state index in [1.54, 1.807) is 0 Å². The Hall–Kier alpha value is -1.35. The molecule has 0 aromatic heterocycles. The molecule has 1 aromatic rings. The van der Waals surface area contributed by atoms with Gasteiger partial charge in [0, 0.05) is 18.7 Å². The molecule has 2 rings (SSSR count). The molecule has 0 atom stereocenters. The van der Waals surface area contributed by atoms with Crippen LogP contribution in [0, 0.1) is 5.92 Å². The smallest absolute Gasteiger partial charge is 0.253 e. The van der Waals surface area contributed by atoms with Gasteiger partial charge in [0.1, 0.15) is 0 Å². The summed E-state index contributed by atoms with van der Waals surface area (Å²) in [5, 5.41) is 9.89. The molecule has 0 radical (unpaired) electrons. The Morgan fingerprint density at radius 2 is 1.96 bits per heavy atom. The SMILES string of the molecule is CCN(CC1CCCCC1)C(=O)c1cccc(CCC(C)(C)O)c1. The summed E-state index contributed by atoms with van der Waals surface area (Å²) in [4.78, 5) is 14.9. The molecule has 1 N–H and O–H groups in total. The minimum atomic E-state index is -0.670. The second-order valence-electron chi connectivity index (χ2n) is 7.86. The number of amides is 1. The van der Waals surface area contributed by atoms with Gasteiger partial charge in [-0.05, 0) is 70.1 Å². The van der Waals surface area contributed by atoms with Gasteiger partial charge in [0.2, 0.25) is 0 Å². The summed E-state index contributed by atoms with van der Waals surface area (Å²) >= 11 is 0. The van der Waals surface area contributed by atoms with Crippen LogP contribution in [0.1, 0.15) is 75.2 Å². The Bertz CT molecular complexity index is 527. The van der Waals surface area contributed by atoms with Crippen molar-refractivity contribution in [2.75, 3.05) is 13.1 Å². The van der Waals surface area contributed by atoms with E-state index >= 15 is 0 Å². The lowest BCUT2D eigenvalue weighted by atomic mass is 9.89. The average molecular weight is 332 g/mol. The molecule has 1 amide bonds. The van der Waals surface area contributed by atoms with E-state index in [-0.39, 0.29) is 5.91 Å². The third-order valence-electron chi connectivity index (χ3n) is 5.07. The van der Waals surface area contributed by atoms with Crippen molar-refractivity contribution in [3.63, 3.8) is 0 Å². The molecular weight excluding hydrogens is 298 g/mol. The maximum Gasteiger partial charge on any atom is 0.253 e. The first kappa shape index (κ1) is 19.0. The Kier molecular flexibility index (Phi) is 6.85. The van der Waals surface area contributed by atoms with Crippen molar-refractivity contribution < 1.29 is 9.90 Å². The van der Waals surface area contributed by atoms with Crippen LogP contribution >= 0.6 is 0 Å². The summed E-state index contributed by atoms with van der Waals surface area (Å²) in [6.45, 7) is 7.38. The molecule has 24 heavy (non-hydrogen) atoms. The maximum atomic E-state index is 12.9. The molecule has 3 nitrogen and oxygen atoms in total. The zero-order valence-corrected chi connectivity index (χ0v) is 15.6. The van der Waals surface area contributed by atoms with Crippen LogP contribution in [0.25, 0.3) is 0 Å². The second-order valence-corrected chi connectivity index (χ2v) is 7.86. The van der Waals surface area contributed by atoms with Crippen LogP contribution in [0.2, 0.25) is 0 Å². The van der Waals surface area contributed by atoms with Gasteiger partial charge in [-0.1, -0.05) is 31.4 Å². The van der Waals surface area contributed by atoms with Crippen LogP contribution < -0.4 is 0 Å². The molecule has 0 saturated heterocycles. The van der Waals surface area contributed by atoms with Gasteiger partial charge < -0.3 is 10.0 Å². The summed E-state index contributed by atoms with van der Waals surface area (Å²) in [5.74, 6) is 0.814. The quantitative estimate of drug-likeness (QED) is 0.803. The van der Waals surface area contributed by atoms with Gasteiger partial charge in [-0.2, -0.15) is 0 Å². The van der Waals surface area contributed by atoms with Gasteiger partial charge in [-0.15, -0.1) is 0 Å². The fourth-order valence-corrected chi connectivity index (χ4v) is 3.53. The lowest BCUT2D eigenvalue weighted by Gasteiger charge is -2.29. The highest BCUT2D eigenvalue weighted by atomic mass is 16.3. The Morgan fingerprint density at radius 1 is 1.25 bits per heavy atom. The second kappa shape index (κ2) is 8.66. The van der Waals surface area contributed by atoms with Crippen LogP contribution in [-0.4, -0.2) is 34.6 Å². The third kappa shape index (κ3) is 5.94. The van der Waals surface area contributed by atoms with Crippen molar-refractivity contribution in [3.05, 3.63) is 35.4 Å². The van der Waals surface area contributed by atoms with Crippen molar-refractivity contribution in [1.29, 1.82) is 0 Å². The topological polar surface area (TPSA) is 40.5 Å². The molecule has 1 saturated carbocycles. The van der Waals surface area contributed by atoms with E-state index in [0.29, 0.717) is 12.3 Å². The Morgan fingerprint density at radius 3 is 2.58 bits per heavy atom. The molecule has 134 valence electrons. The number of hydrogen-bond acceptors (Lipinski definition) is 2. The highest BCUT2D eigenvalue weighted by molar-refractivity contribution is 5.94. The minimum absolute atomic E-state index is 0.146. The third-order valence-corrected chi connectivity index (χ3v) is 5.07. The minimum Gasteiger partial charge on any atom is -0.390 e. The number of aliphatic hydroxyl groups is 1. The molecular formula is C21H33NO2. The fourth-order valence-electron chi connectivity index (χ4n) is 3.53. The first-order valence-electron chi connectivity index (χ1n) is 9.49. The number of hydrogen-bond donors (Lipinski definition) is 1. The van der Waals surface area contributed by atoms with E-state index in [9.17, 15) is 9.90 Å². The molecule has 0 unspecified atom stereocenters. The number of carbonyl (C=O) groups excluding carboxylic acids is 1. The van der Waals surface area contributed by atoms with E-state index < -0.39 is 5.60 Å². The van der Waals surface area contributed by atoms with Crippen molar-refractivity contribution >= 4 is 5.91 Å². The number of benzene rings is 1.